The number of aryl methyl sites for hydroxylation is 3. The molecule has 0 aliphatic heterocycles. The molecule has 5 aromatic rings. The predicted octanol–water partition coefficient (Wildman–Crippen LogP) is 4.60. The van der Waals surface area contributed by atoms with Gasteiger partial charge in [-0.1, -0.05) is 48.5 Å². The Hall–Kier alpha value is -4.46. The van der Waals surface area contributed by atoms with Crippen molar-refractivity contribution in [1.82, 2.24) is 29.4 Å². The molecule has 0 aliphatic rings. The molecule has 1 atom stereocenters. The second kappa shape index (κ2) is 11.3. The van der Waals surface area contributed by atoms with Gasteiger partial charge in [0.1, 0.15) is 10.9 Å². The van der Waals surface area contributed by atoms with Crippen molar-refractivity contribution in [2.45, 2.75) is 52.1 Å². The highest BCUT2D eigenvalue weighted by Gasteiger charge is 2.21. The Bertz CT molecular complexity index is 1570. The molecule has 194 valence electrons. The van der Waals surface area contributed by atoms with Crippen molar-refractivity contribution in [3.8, 4) is 11.5 Å². The van der Waals surface area contributed by atoms with E-state index in [1.54, 1.807) is 4.68 Å². The number of hydrogen-bond donors (Lipinski definition) is 1. The van der Waals surface area contributed by atoms with Crippen molar-refractivity contribution in [2.24, 2.45) is 0 Å². The minimum absolute atomic E-state index is 0.0127. The molecule has 38 heavy (non-hydrogen) atoms. The summed E-state index contributed by atoms with van der Waals surface area (Å²) in [4.78, 5) is 26.2. The van der Waals surface area contributed by atoms with Crippen LogP contribution in [0.2, 0.25) is 0 Å². The van der Waals surface area contributed by atoms with Gasteiger partial charge in [0, 0.05) is 31.4 Å². The highest BCUT2D eigenvalue weighted by molar-refractivity contribution is 5.87. The van der Waals surface area contributed by atoms with E-state index in [4.69, 9.17) is 5.10 Å². The summed E-state index contributed by atoms with van der Waals surface area (Å²) in [6, 6.07) is 23.9. The third-order valence-electron chi connectivity index (χ3n) is 6.66. The summed E-state index contributed by atoms with van der Waals surface area (Å²) in [5.74, 6) is 0.659. The van der Waals surface area contributed by atoms with Crippen molar-refractivity contribution in [3.63, 3.8) is 0 Å². The van der Waals surface area contributed by atoms with Crippen LogP contribution < -0.4 is 10.9 Å². The molecule has 0 spiro atoms. The summed E-state index contributed by atoms with van der Waals surface area (Å²) < 4.78 is 5.15. The number of fused-ring (bicyclic) bond motifs is 1. The van der Waals surface area contributed by atoms with Crippen LogP contribution in [-0.2, 0) is 17.8 Å². The molecule has 8 nitrogen and oxygen atoms in total. The fraction of sp³-hybridized carbons (Fsp3) is 0.267. The summed E-state index contributed by atoms with van der Waals surface area (Å²) in [5.41, 5.74) is 3.15. The topological polar surface area (TPSA) is 86.7 Å². The SMILES string of the molecule is Cc1nn(CCCC(=O)NC(C)CCc2ccccc2)c(=O)c2c(-n3cccc3)n(-c3ccccc3)nc12. The highest BCUT2D eigenvalue weighted by atomic mass is 16.1. The molecule has 3 aromatic heterocycles. The number of hydrogen-bond acceptors (Lipinski definition) is 4. The molecule has 0 aliphatic carbocycles. The number of rotatable bonds is 10. The molecule has 2 aromatic carbocycles. The zero-order chi connectivity index (χ0) is 26.5. The van der Waals surface area contributed by atoms with Crippen LogP contribution in [-0.4, -0.2) is 36.1 Å². The standard InChI is InChI=1S/C30H32N6O2/c1-22(17-18-24-12-5-3-6-13-24)31-26(37)16-11-21-35-30(38)27-28(23(2)32-35)33-36(25-14-7-4-8-15-25)29(27)34-19-9-10-20-34/h3-10,12-15,19-20,22H,11,16-18,21H2,1-2H3,(H,31,37). The Kier molecular flexibility index (Phi) is 7.49. The lowest BCUT2D eigenvalue weighted by molar-refractivity contribution is -0.121. The third-order valence-corrected chi connectivity index (χ3v) is 6.66. The van der Waals surface area contributed by atoms with Gasteiger partial charge in [-0.25, -0.2) is 9.36 Å². The van der Waals surface area contributed by atoms with Gasteiger partial charge in [0.25, 0.3) is 5.56 Å². The van der Waals surface area contributed by atoms with Crippen LogP contribution >= 0.6 is 0 Å². The first-order valence-electron chi connectivity index (χ1n) is 13.0. The molecule has 8 heteroatoms. The molecular weight excluding hydrogens is 476 g/mol. The molecule has 0 bridgehead atoms. The van der Waals surface area contributed by atoms with Gasteiger partial charge in [0.15, 0.2) is 5.82 Å². The van der Waals surface area contributed by atoms with E-state index >= 15 is 0 Å². The maximum atomic E-state index is 13.6. The lowest BCUT2D eigenvalue weighted by Crippen LogP contribution is -2.33. The third kappa shape index (κ3) is 5.44. The molecular formula is C30H32N6O2. The quantitative estimate of drug-likeness (QED) is 0.299. The zero-order valence-electron chi connectivity index (χ0n) is 21.7. The first-order valence-corrected chi connectivity index (χ1v) is 13.0. The van der Waals surface area contributed by atoms with Gasteiger partial charge in [-0.15, -0.1) is 0 Å². The average Bonchev–Trinajstić information content (AvgIpc) is 3.60. The molecule has 1 amide bonds. The van der Waals surface area contributed by atoms with E-state index in [0.29, 0.717) is 41.8 Å². The average molecular weight is 509 g/mol. The number of benzene rings is 2. The van der Waals surface area contributed by atoms with Gasteiger partial charge in [-0.2, -0.15) is 10.2 Å². The van der Waals surface area contributed by atoms with Gasteiger partial charge in [0.2, 0.25) is 5.91 Å². The molecule has 5 rings (SSSR count). The Morgan fingerprint density at radius 2 is 1.63 bits per heavy atom. The Labute approximate surface area is 221 Å². The number of carbonyl (C=O) groups excluding carboxylic acids is 1. The Balaban J connectivity index is 1.31. The van der Waals surface area contributed by atoms with Gasteiger partial charge < -0.3 is 9.88 Å². The van der Waals surface area contributed by atoms with E-state index < -0.39 is 0 Å². The monoisotopic (exact) mass is 508 g/mol. The summed E-state index contributed by atoms with van der Waals surface area (Å²) in [6.45, 7) is 4.24. The lowest BCUT2D eigenvalue weighted by Gasteiger charge is -2.14. The van der Waals surface area contributed by atoms with Crippen molar-refractivity contribution in [1.29, 1.82) is 0 Å². The van der Waals surface area contributed by atoms with E-state index in [1.807, 2.05) is 91.5 Å². The van der Waals surface area contributed by atoms with E-state index in [-0.39, 0.29) is 17.5 Å². The zero-order valence-corrected chi connectivity index (χ0v) is 21.7. The van der Waals surface area contributed by atoms with Gasteiger partial charge >= 0.3 is 0 Å². The minimum atomic E-state index is -0.215. The summed E-state index contributed by atoms with van der Waals surface area (Å²) in [6.07, 6.45) is 6.44. The largest absolute Gasteiger partial charge is 0.354 e. The van der Waals surface area contributed by atoms with Crippen LogP contribution in [0.15, 0.2) is 90.0 Å². The summed E-state index contributed by atoms with van der Waals surface area (Å²) in [5, 5.41) is 12.9. The maximum Gasteiger partial charge on any atom is 0.280 e. The first-order chi connectivity index (χ1) is 18.5. The number of amides is 1. The molecule has 0 fully saturated rings. The number of aromatic nitrogens is 5. The molecule has 3 heterocycles. The van der Waals surface area contributed by atoms with E-state index in [2.05, 4.69) is 22.5 Å². The Morgan fingerprint density at radius 1 is 0.947 bits per heavy atom. The molecule has 0 saturated heterocycles. The Morgan fingerprint density at radius 3 is 2.34 bits per heavy atom. The number of carbonyl (C=O) groups is 1. The number of nitrogens with zero attached hydrogens (tertiary/aromatic N) is 5. The smallest absolute Gasteiger partial charge is 0.280 e. The summed E-state index contributed by atoms with van der Waals surface area (Å²) >= 11 is 0. The maximum absolute atomic E-state index is 13.6. The van der Waals surface area contributed by atoms with Crippen LogP contribution in [0.5, 0.6) is 0 Å². The van der Waals surface area contributed by atoms with E-state index in [9.17, 15) is 9.59 Å². The first kappa shape index (κ1) is 25.2. The molecule has 0 radical (unpaired) electrons. The van der Waals surface area contributed by atoms with Crippen LogP contribution in [0, 0.1) is 6.92 Å². The lowest BCUT2D eigenvalue weighted by atomic mass is 10.1. The minimum Gasteiger partial charge on any atom is -0.354 e. The predicted molar refractivity (Wildman–Crippen MR) is 149 cm³/mol. The highest BCUT2D eigenvalue weighted by Crippen LogP contribution is 2.24. The van der Waals surface area contributed by atoms with Crippen molar-refractivity contribution >= 4 is 16.8 Å². The summed E-state index contributed by atoms with van der Waals surface area (Å²) in [7, 11) is 0. The van der Waals surface area contributed by atoms with E-state index in [1.165, 1.54) is 10.2 Å². The number of nitrogens with one attached hydrogen (secondary N) is 1. The normalized spacial score (nSPS) is 12.1. The second-order valence-electron chi connectivity index (χ2n) is 9.59. The van der Waals surface area contributed by atoms with E-state index in [0.717, 1.165) is 18.5 Å². The molecule has 0 saturated carbocycles. The van der Waals surface area contributed by atoms with Crippen LogP contribution in [0.4, 0.5) is 0 Å². The van der Waals surface area contributed by atoms with Crippen LogP contribution in [0.3, 0.4) is 0 Å². The van der Waals surface area contributed by atoms with Crippen molar-refractivity contribution < 1.29 is 4.79 Å². The molecule has 1 N–H and O–H groups in total. The fourth-order valence-corrected chi connectivity index (χ4v) is 4.71. The van der Waals surface area contributed by atoms with Gasteiger partial charge in [-0.3, -0.25) is 9.59 Å². The van der Waals surface area contributed by atoms with Gasteiger partial charge in [0.05, 0.1) is 11.4 Å². The fourth-order valence-electron chi connectivity index (χ4n) is 4.71. The van der Waals surface area contributed by atoms with Crippen molar-refractivity contribution in [2.75, 3.05) is 0 Å². The second-order valence-corrected chi connectivity index (χ2v) is 9.59. The van der Waals surface area contributed by atoms with Crippen LogP contribution in [0.25, 0.3) is 22.4 Å². The molecule has 1 unspecified atom stereocenters. The van der Waals surface area contributed by atoms with Crippen LogP contribution in [0.1, 0.15) is 37.4 Å². The van der Waals surface area contributed by atoms with Crippen molar-refractivity contribution in [3.05, 3.63) is 107 Å². The number of para-hydroxylation sites is 1. The van der Waals surface area contributed by atoms with Gasteiger partial charge in [-0.05, 0) is 62.9 Å².